The van der Waals surface area contributed by atoms with Crippen LogP contribution in [-0.2, 0) is 6.61 Å². The molecule has 0 unspecified atom stereocenters. The fourth-order valence-electron chi connectivity index (χ4n) is 3.62. The van der Waals surface area contributed by atoms with Crippen LogP contribution >= 0.6 is 11.3 Å². The molecule has 0 aliphatic rings. The molecule has 1 aromatic heterocycles. The summed E-state index contributed by atoms with van der Waals surface area (Å²) < 4.78 is 19.7. The topological polar surface area (TPSA) is 75.6 Å². The highest BCUT2D eigenvalue weighted by Crippen LogP contribution is 2.27. The highest BCUT2D eigenvalue weighted by atomic mass is 32.1. The molecule has 5 rings (SSSR count). The van der Waals surface area contributed by atoms with Crippen LogP contribution in [0.5, 0.6) is 5.75 Å². The molecule has 1 heterocycles. The summed E-state index contributed by atoms with van der Waals surface area (Å²) in [7, 11) is 0. The first kappa shape index (κ1) is 24.9. The maximum Gasteiger partial charge on any atom is 0.271 e. The number of carbonyl (C=O) groups is 1. The van der Waals surface area contributed by atoms with Crippen molar-refractivity contribution in [3.63, 3.8) is 0 Å². The zero-order valence-electron chi connectivity index (χ0n) is 20.2. The van der Waals surface area contributed by atoms with Gasteiger partial charge in [-0.3, -0.25) is 4.79 Å². The minimum Gasteiger partial charge on any atom is -0.488 e. The van der Waals surface area contributed by atoms with E-state index in [9.17, 15) is 9.18 Å². The van der Waals surface area contributed by atoms with Crippen molar-refractivity contribution >= 4 is 34.3 Å². The molecular weight excluding hydrogens is 499 g/mol. The molecule has 0 saturated carbocycles. The van der Waals surface area contributed by atoms with E-state index in [1.54, 1.807) is 42.5 Å². The molecule has 8 heteroatoms. The lowest BCUT2D eigenvalue weighted by molar-refractivity contribution is 0.0955. The van der Waals surface area contributed by atoms with E-state index in [1.165, 1.54) is 23.6 Å². The van der Waals surface area contributed by atoms with Crippen molar-refractivity contribution in [2.24, 2.45) is 5.10 Å². The van der Waals surface area contributed by atoms with Crippen LogP contribution in [0, 0.1) is 5.82 Å². The van der Waals surface area contributed by atoms with Gasteiger partial charge in [-0.25, -0.2) is 14.8 Å². The third-order valence-corrected chi connectivity index (χ3v) is 6.36. The Morgan fingerprint density at radius 3 is 2.47 bits per heavy atom. The van der Waals surface area contributed by atoms with E-state index >= 15 is 0 Å². The second kappa shape index (κ2) is 11.9. The van der Waals surface area contributed by atoms with Crippen molar-refractivity contribution in [1.29, 1.82) is 0 Å². The zero-order chi connectivity index (χ0) is 26.2. The molecule has 0 aliphatic carbocycles. The minimum absolute atomic E-state index is 0.0824. The van der Waals surface area contributed by atoms with E-state index in [-0.39, 0.29) is 18.3 Å². The van der Waals surface area contributed by atoms with E-state index in [0.717, 1.165) is 22.1 Å². The second-order valence-corrected chi connectivity index (χ2v) is 9.08. The van der Waals surface area contributed by atoms with E-state index < -0.39 is 0 Å². The number of hydrazone groups is 1. The van der Waals surface area contributed by atoms with Crippen LogP contribution in [0.2, 0.25) is 0 Å². The largest absolute Gasteiger partial charge is 0.488 e. The van der Waals surface area contributed by atoms with Gasteiger partial charge in [-0.05, 0) is 42.5 Å². The molecule has 4 aromatic carbocycles. The number of hydrogen-bond acceptors (Lipinski definition) is 6. The number of anilines is 2. The first-order chi connectivity index (χ1) is 18.7. The number of benzene rings is 4. The number of amides is 1. The molecular formula is C30H23FN4O2S. The van der Waals surface area contributed by atoms with Gasteiger partial charge in [0.15, 0.2) is 5.13 Å². The van der Waals surface area contributed by atoms with Gasteiger partial charge >= 0.3 is 0 Å². The Morgan fingerprint density at radius 1 is 0.921 bits per heavy atom. The minimum atomic E-state index is -0.345. The average molecular weight is 523 g/mol. The van der Waals surface area contributed by atoms with Crippen molar-refractivity contribution < 1.29 is 13.9 Å². The molecule has 38 heavy (non-hydrogen) atoms. The summed E-state index contributed by atoms with van der Waals surface area (Å²) in [6.45, 7) is 0.0824. The number of ether oxygens (including phenoxy) is 1. The van der Waals surface area contributed by atoms with Crippen LogP contribution in [0.4, 0.5) is 15.2 Å². The summed E-state index contributed by atoms with van der Waals surface area (Å²) in [4.78, 5) is 17.2. The number of para-hydroxylation sites is 2. The highest BCUT2D eigenvalue weighted by Gasteiger charge is 2.09. The quantitative estimate of drug-likeness (QED) is 0.161. The van der Waals surface area contributed by atoms with Crippen molar-refractivity contribution in [3.8, 4) is 17.0 Å². The molecule has 6 nitrogen and oxygen atoms in total. The van der Waals surface area contributed by atoms with Crippen LogP contribution in [0.3, 0.4) is 0 Å². The fourth-order valence-corrected chi connectivity index (χ4v) is 4.36. The summed E-state index contributed by atoms with van der Waals surface area (Å²) in [6, 6.07) is 30.7. The summed E-state index contributed by atoms with van der Waals surface area (Å²) in [5.74, 6) is -0.138. The van der Waals surface area contributed by atoms with Gasteiger partial charge in [-0.1, -0.05) is 60.7 Å². The zero-order valence-corrected chi connectivity index (χ0v) is 21.0. The van der Waals surface area contributed by atoms with Crippen LogP contribution in [0.1, 0.15) is 21.5 Å². The molecule has 0 atom stereocenters. The third kappa shape index (κ3) is 6.29. The number of nitrogens with zero attached hydrogens (tertiary/aromatic N) is 2. The molecule has 0 spiro atoms. The van der Waals surface area contributed by atoms with Gasteiger partial charge < -0.3 is 10.1 Å². The average Bonchev–Trinajstić information content (AvgIpc) is 3.42. The van der Waals surface area contributed by atoms with Gasteiger partial charge in [0.05, 0.1) is 11.9 Å². The molecule has 2 N–H and O–H groups in total. The predicted molar refractivity (Wildman–Crippen MR) is 150 cm³/mol. The Hall–Kier alpha value is -4.82. The molecule has 1 amide bonds. The summed E-state index contributed by atoms with van der Waals surface area (Å²) in [5, 5.41) is 10.1. The van der Waals surface area contributed by atoms with Crippen molar-refractivity contribution in [3.05, 3.63) is 131 Å². The Bertz CT molecular complexity index is 1550. The van der Waals surface area contributed by atoms with Crippen LogP contribution in [0.25, 0.3) is 11.3 Å². The number of carbonyl (C=O) groups excluding carboxylic acids is 1. The summed E-state index contributed by atoms with van der Waals surface area (Å²) in [5.41, 5.74) is 6.82. The molecule has 5 aromatic rings. The number of nitrogens with one attached hydrogen (secondary N) is 2. The summed E-state index contributed by atoms with van der Waals surface area (Å²) >= 11 is 1.51. The monoisotopic (exact) mass is 522 g/mol. The van der Waals surface area contributed by atoms with E-state index in [2.05, 4.69) is 20.8 Å². The first-order valence-electron chi connectivity index (χ1n) is 11.8. The molecule has 0 aliphatic heterocycles. The van der Waals surface area contributed by atoms with Gasteiger partial charge in [0.1, 0.15) is 18.2 Å². The number of halogens is 1. The van der Waals surface area contributed by atoms with E-state index in [4.69, 9.17) is 4.74 Å². The van der Waals surface area contributed by atoms with Gasteiger partial charge in [0.2, 0.25) is 0 Å². The lowest BCUT2D eigenvalue weighted by atomic mass is 10.1. The predicted octanol–water partition coefficient (Wildman–Crippen LogP) is 7.04. The highest BCUT2D eigenvalue weighted by molar-refractivity contribution is 7.14. The van der Waals surface area contributed by atoms with Crippen molar-refractivity contribution in [2.75, 3.05) is 5.32 Å². The molecule has 0 saturated heterocycles. The lowest BCUT2D eigenvalue weighted by Crippen LogP contribution is -2.17. The Balaban J connectivity index is 1.18. The Kier molecular flexibility index (Phi) is 7.81. The normalized spacial score (nSPS) is 10.9. The molecule has 0 bridgehead atoms. The van der Waals surface area contributed by atoms with Gasteiger partial charge in [0.25, 0.3) is 5.91 Å². The molecule has 0 fully saturated rings. The second-order valence-electron chi connectivity index (χ2n) is 8.22. The lowest BCUT2D eigenvalue weighted by Gasteiger charge is -2.09. The van der Waals surface area contributed by atoms with Gasteiger partial charge in [0, 0.05) is 33.3 Å². The maximum atomic E-state index is 13.9. The first-order valence-corrected chi connectivity index (χ1v) is 12.7. The number of thiazole rings is 1. The smallest absolute Gasteiger partial charge is 0.271 e. The SMILES string of the molecule is O=C(N/N=C\c1ccccc1OCc1ccccc1F)c1ccc(-c2csc(Nc3ccccc3)n2)cc1. The maximum absolute atomic E-state index is 13.9. The third-order valence-electron chi connectivity index (χ3n) is 5.60. The van der Waals surface area contributed by atoms with Crippen LogP contribution in [-0.4, -0.2) is 17.1 Å². The molecule has 0 radical (unpaired) electrons. The Morgan fingerprint density at radius 2 is 1.66 bits per heavy atom. The van der Waals surface area contributed by atoms with Gasteiger partial charge in [-0.15, -0.1) is 11.3 Å². The fraction of sp³-hybridized carbons (Fsp3) is 0.0333. The van der Waals surface area contributed by atoms with E-state index in [1.807, 2.05) is 60.0 Å². The Labute approximate surface area is 223 Å². The van der Waals surface area contributed by atoms with Crippen LogP contribution in [0.15, 0.2) is 114 Å². The summed E-state index contributed by atoms with van der Waals surface area (Å²) in [6.07, 6.45) is 1.50. The number of aromatic nitrogens is 1. The van der Waals surface area contributed by atoms with E-state index in [0.29, 0.717) is 22.4 Å². The molecule has 188 valence electrons. The standard InChI is InChI=1S/C30H23FN4O2S/c31-26-12-6-4-9-24(26)19-37-28-13-7-5-8-23(28)18-32-35-29(36)22-16-14-21(15-17-22)27-20-38-30(34-27)33-25-10-2-1-3-11-25/h1-18,20H,19H2,(H,33,34)(H,35,36)/b32-18-. The van der Waals surface area contributed by atoms with Gasteiger partial charge in [-0.2, -0.15) is 5.10 Å². The van der Waals surface area contributed by atoms with Crippen molar-refractivity contribution in [1.82, 2.24) is 10.4 Å². The van der Waals surface area contributed by atoms with Crippen molar-refractivity contribution in [2.45, 2.75) is 6.61 Å². The van der Waals surface area contributed by atoms with Crippen LogP contribution < -0.4 is 15.5 Å². The number of hydrogen-bond donors (Lipinski definition) is 2. The number of rotatable bonds is 9.